The highest BCUT2D eigenvalue weighted by molar-refractivity contribution is 6.06. The first kappa shape index (κ1) is 16.5. The Kier molecular flexibility index (Phi) is 4.30. The van der Waals surface area contributed by atoms with Crippen molar-refractivity contribution in [3.05, 3.63) is 42.1 Å². The van der Waals surface area contributed by atoms with Crippen LogP contribution in [-0.4, -0.2) is 38.3 Å². The van der Waals surface area contributed by atoms with E-state index in [1.54, 1.807) is 36.5 Å². The summed E-state index contributed by atoms with van der Waals surface area (Å²) in [4.78, 5) is 17.4. The summed E-state index contributed by atoms with van der Waals surface area (Å²) in [7, 11) is 0. The molecule has 1 aromatic carbocycles. The topological polar surface area (TPSA) is 117 Å². The van der Waals surface area contributed by atoms with Crippen LogP contribution in [0.1, 0.15) is 36.0 Å². The van der Waals surface area contributed by atoms with Crippen molar-refractivity contribution in [2.24, 2.45) is 5.73 Å². The van der Waals surface area contributed by atoms with E-state index in [0.29, 0.717) is 22.3 Å². The number of phenolic OH excluding ortho intramolecular Hbond substituents is 1. The number of nitrogens with zero attached hydrogens (tertiary/aromatic N) is 2. The van der Waals surface area contributed by atoms with Crippen LogP contribution in [0.15, 0.2) is 36.5 Å². The van der Waals surface area contributed by atoms with Crippen molar-refractivity contribution in [1.82, 2.24) is 20.5 Å². The second-order valence-corrected chi connectivity index (χ2v) is 6.82. The molecule has 0 aliphatic heterocycles. The highest BCUT2D eigenvalue weighted by Gasteiger charge is 2.22. The van der Waals surface area contributed by atoms with Crippen molar-refractivity contribution in [2.45, 2.75) is 37.8 Å². The minimum atomic E-state index is -0.126. The number of nitrogens with one attached hydrogen (secondary N) is 2. The van der Waals surface area contributed by atoms with Crippen LogP contribution in [-0.2, 0) is 0 Å². The highest BCUT2D eigenvalue weighted by atomic mass is 16.3. The van der Waals surface area contributed by atoms with E-state index in [1.807, 2.05) is 0 Å². The predicted molar refractivity (Wildman–Crippen MR) is 98.7 cm³/mol. The molecular weight excluding hydrogens is 330 g/mol. The monoisotopic (exact) mass is 351 g/mol. The van der Waals surface area contributed by atoms with Crippen molar-refractivity contribution in [2.75, 3.05) is 0 Å². The molecule has 0 atom stereocenters. The number of rotatable bonds is 3. The number of nitrogens with two attached hydrogens (primary N) is 1. The zero-order chi connectivity index (χ0) is 18.1. The number of carbonyl (C=O) groups excluding carboxylic acids is 1. The number of pyridine rings is 1. The second kappa shape index (κ2) is 6.76. The van der Waals surface area contributed by atoms with Gasteiger partial charge in [-0.3, -0.25) is 9.89 Å². The molecule has 0 unspecified atom stereocenters. The van der Waals surface area contributed by atoms with E-state index in [1.165, 1.54) is 0 Å². The van der Waals surface area contributed by atoms with Crippen LogP contribution in [0.2, 0.25) is 0 Å². The van der Waals surface area contributed by atoms with Crippen molar-refractivity contribution in [3.63, 3.8) is 0 Å². The lowest BCUT2D eigenvalue weighted by molar-refractivity contribution is 0.0927. The number of fused-ring (bicyclic) bond motifs is 1. The molecule has 4 rings (SSSR count). The summed E-state index contributed by atoms with van der Waals surface area (Å²) in [5.74, 6) is 0.0594. The molecule has 2 aromatic heterocycles. The first-order valence-corrected chi connectivity index (χ1v) is 8.80. The number of phenols is 1. The molecule has 0 spiro atoms. The summed E-state index contributed by atoms with van der Waals surface area (Å²) in [5.41, 5.74) is 8.51. The molecule has 134 valence electrons. The Morgan fingerprint density at radius 2 is 1.92 bits per heavy atom. The molecule has 3 aromatic rings. The van der Waals surface area contributed by atoms with Crippen LogP contribution in [0.5, 0.6) is 5.75 Å². The Balaban J connectivity index is 1.66. The van der Waals surface area contributed by atoms with E-state index in [0.717, 1.165) is 31.2 Å². The van der Waals surface area contributed by atoms with Gasteiger partial charge < -0.3 is 16.2 Å². The zero-order valence-electron chi connectivity index (χ0n) is 14.3. The van der Waals surface area contributed by atoms with Crippen molar-refractivity contribution in [3.8, 4) is 17.0 Å². The molecule has 1 amide bonds. The van der Waals surface area contributed by atoms with Gasteiger partial charge in [-0.15, -0.1) is 0 Å². The fraction of sp³-hybridized carbons (Fsp3) is 0.316. The Bertz CT molecular complexity index is 927. The van der Waals surface area contributed by atoms with Crippen LogP contribution in [0.3, 0.4) is 0 Å². The lowest BCUT2D eigenvalue weighted by Gasteiger charge is -2.26. The minimum absolute atomic E-state index is 0.126. The van der Waals surface area contributed by atoms with Gasteiger partial charge in [-0.25, -0.2) is 4.98 Å². The zero-order valence-corrected chi connectivity index (χ0v) is 14.3. The third kappa shape index (κ3) is 3.25. The Labute approximate surface area is 150 Å². The number of aromatic amines is 1. The molecule has 1 aliphatic rings. The SMILES string of the molecule is N[C@H]1CC[C@H](NC(=O)c2cc(-c3ccc(O)cc3)nc3[nH]ncc23)CC1. The molecule has 7 nitrogen and oxygen atoms in total. The number of carbonyl (C=O) groups is 1. The van der Waals surface area contributed by atoms with Gasteiger partial charge >= 0.3 is 0 Å². The van der Waals surface area contributed by atoms with E-state index in [9.17, 15) is 9.90 Å². The van der Waals surface area contributed by atoms with Crippen LogP contribution in [0.4, 0.5) is 0 Å². The van der Waals surface area contributed by atoms with Crippen LogP contribution in [0, 0.1) is 0 Å². The maximum atomic E-state index is 12.9. The van der Waals surface area contributed by atoms with E-state index >= 15 is 0 Å². The first-order valence-electron chi connectivity index (χ1n) is 8.80. The number of amides is 1. The van der Waals surface area contributed by atoms with Gasteiger partial charge in [-0.2, -0.15) is 5.10 Å². The number of hydrogen-bond acceptors (Lipinski definition) is 5. The van der Waals surface area contributed by atoms with Gasteiger partial charge in [0.25, 0.3) is 5.91 Å². The van der Waals surface area contributed by atoms with E-state index < -0.39 is 0 Å². The molecule has 1 saturated carbocycles. The molecule has 7 heteroatoms. The second-order valence-electron chi connectivity index (χ2n) is 6.82. The Hall–Kier alpha value is -2.93. The molecular formula is C19H21N5O2. The van der Waals surface area contributed by atoms with Crippen molar-refractivity contribution in [1.29, 1.82) is 0 Å². The lowest BCUT2D eigenvalue weighted by Crippen LogP contribution is -2.40. The summed E-state index contributed by atoms with van der Waals surface area (Å²) in [6.45, 7) is 0. The Morgan fingerprint density at radius 3 is 2.65 bits per heavy atom. The predicted octanol–water partition coefficient (Wildman–Crippen LogP) is 2.33. The number of hydrogen-bond donors (Lipinski definition) is 4. The normalized spacial score (nSPS) is 20.2. The van der Waals surface area contributed by atoms with Gasteiger partial charge in [0.15, 0.2) is 5.65 Å². The van der Waals surface area contributed by atoms with E-state index in [2.05, 4.69) is 20.5 Å². The third-order valence-electron chi connectivity index (χ3n) is 4.94. The molecule has 5 N–H and O–H groups in total. The van der Waals surface area contributed by atoms with Gasteiger partial charge in [-0.1, -0.05) is 0 Å². The molecule has 1 fully saturated rings. The molecule has 26 heavy (non-hydrogen) atoms. The first-order chi connectivity index (χ1) is 12.6. The molecule has 2 heterocycles. The highest BCUT2D eigenvalue weighted by Crippen LogP contribution is 2.26. The Morgan fingerprint density at radius 1 is 1.19 bits per heavy atom. The van der Waals surface area contributed by atoms with Gasteiger partial charge in [0.2, 0.25) is 0 Å². The number of benzene rings is 1. The van der Waals surface area contributed by atoms with Crippen LogP contribution >= 0.6 is 0 Å². The summed E-state index contributed by atoms with van der Waals surface area (Å²) >= 11 is 0. The quantitative estimate of drug-likeness (QED) is 0.578. The van der Waals surface area contributed by atoms with Gasteiger partial charge in [0.1, 0.15) is 5.75 Å². The van der Waals surface area contributed by atoms with E-state index in [4.69, 9.17) is 5.73 Å². The summed E-state index contributed by atoms with van der Waals surface area (Å²) in [6, 6.07) is 8.89. The van der Waals surface area contributed by atoms with Crippen molar-refractivity contribution < 1.29 is 9.90 Å². The average Bonchev–Trinajstić information content (AvgIpc) is 3.12. The summed E-state index contributed by atoms with van der Waals surface area (Å²) < 4.78 is 0. The number of aromatic hydroxyl groups is 1. The van der Waals surface area contributed by atoms with E-state index in [-0.39, 0.29) is 23.7 Å². The third-order valence-corrected chi connectivity index (χ3v) is 4.94. The maximum absolute atomic E-state index is 12.9. The maximum Gasteiger partial charge on any atom is 0.252 e. The standard InChI is InChI=1S/C19H21N5O2/c20-12-3-5-13(6-4-12)22-19(26)15-9-17(11-1-7-14(25)8-2-11)23-18-16(15)10-21-24-18/h1-2,7-10,12-13,25H,3-6,20H2,(H,22,26)(H,21,23,24)/t12-,13-. The summed E-state index contributed by atoms with van der Waals surface area (Å²) in [5, 5.41) is 20.2. The molecule has 1 aliphatic carbocycles. The van der Waals surface area contributed by atoms with Gasteiger partial charge in [-0.05, 0) is 56.0 Å². The minimum Gasteiger partial charge on any atom is -0.508 e. The molecule has 0 bridgehead atoms. The molecule has 0 radical (unpaired) electrons. The van der Waals surface area contributed by atoms with Crippen LogP contribution < -0.4 is 11.1 Å². The number of H-pyrrole nitrogens is 1. The number of aromatic nitrogens is 3. The largest absolute Gasteiger partial charge is 0.508 e. The summed E-state index contributed by atoms with van der Waals surface area (Å²) in [6.07, 6.45) is 5.28. The average molecular weight is 351 g/mol. The fourth-order valence-electron chi connectivity index (χ4n) is 3.42. The van der Waals surface area contributed by atoms with Gasteiger partial charge in [0, 0.05) is 17.6 Å². The van der Waals surface area contributed by atoms with Gasteiger partial charge in [0.05, 0.1) is 22.8 Å². The fourth-order valence-corrected chi connectivity index (χ4v) is 3.42. The smallest absolute Gasteiger partial charge is 0.252 e. The molecule has 0 saturated heterocycles. The van der Waals surface area contributed by atoms with Crippen molar-refractivity contribution >= 4 is 16.9 Å². The van der Waals surface area contributed by atoms with Crippen LogP contribution in [0.25, 0.3) is 22.3 Å². The lowest BCUT2D eigenvalue weighted by atomic mass is 9.91.